The number of hydrogen-bond acceptors (Lipinski definition) is 1. The quantitative estimate of drug-likeness (QED) is 0.647. The van der Waals surface area contributed by atoms with Gasteiger partial charge in [-0.15, -0.1) is 0 Å². The zero-order valence-corrected chi connectivity index (χ0v) is 7.37. The van der Waals surface area contributed by atoms with Gasteiger partial charge in [-0.2, -0.15) is 0 Å². The topological polar surface area (TPSA) is 9.23 Å². The van der Waals surface area contributed by atoms with Crippen molar-refractivity contribution < 1.29 is 8.85 Å². The Labute approximate surface area is 82.2 Å². The summed E-state index contributed by atoms with van der Waals surface area (Å²) < 4.78 is 26.3. The molecule has 66 valence electrons. The molecule has 0 heterocycles. The molecule has 2 aromatic carbocycles. The van der Waals surface area contributed by atoms with Gasteiger partial charge in [0.25, 0.3) is 0 Å². The van der Waals surface area contributed by atoms with Crippen LogP contribution in [0.2, 0.25) is 0 Å². The standard InChI is InChI=1S/C12H12O/c1-9-7-8-12(13-2)11-6-4-3-5-10(9)11/h3-8H,1-2H3/i2D3. The van der Waals surface area contributed by atoms with Gasteiger partial charge in [-0.3, -0.25) is 0 Å². The maximum atomic E-state index is 7.11. The summed E-state index contributed by atoms with van der Waals surface area (Å²) in [4.78, 5) is 0. The third-order valence-electron chi connectivity index (χ3n) is 2.21. The van der Waals surface area contributed by atoms with E-state index < -0.39 is 7.04 Å². The molecule has 0 saturated heterocycles. The predicted molar refractivity (Wildman–Crippen MR) is 55.2 cm³/mol. The number of ether oxygens (including phenoxy) is 1. The van der Waals surface area contributed by atoms with Crippen LogP contribution >= 0.6 is 0 Å². The van der Waals surface area contributed by atoms with Gasteiger partial charge in [-0.1, -0.05) is 30.3 Å². The van der Waals surface area contributed by atoms with Crippen LogP contribution in [0.15, 0.2) is 36.4 Å². The Hall–Kier alpha value is -1.50. The molecule has 0 atom stereocenters. The molecule has 0 saturated carbocycles. The van der Waals surface area contributed by atoms with E-state index in [0.717, 1.165) is 16.3 Å². The van der Waals surface area contributed by atoms with E-state index in [1.807, 2.05) is 37.3 Å². The fourth-order valence-electron chi connectivity index (χ4n) is 1.51. The molecular formula is C12H12O. The number of benzene rings is 2. The molecule has 0 radical (unpaired) electrons. The van der Waals surface area contributed by atoms with E-state index in [0.29, 0.717) is 5.75 Å². The number of rotatable bonds is 1. The fraction of sp³-hybridized carbons (Fsp3) is 0.167. The fourth-order valence-corrected chi connectivity index (χ4v) is 1.51. The zero-order chi connectivity index (χ0) is 11.8. The van der Waals surface area contributed by atoms with Crippen molar-refractivity contribution in [1.29, 1.82) is 0 Å². The third-order valence-corrected chi connectivity index (χ3v) is 2.21. The van der Waals surface area contributed by atoms with E-state index in [1.54, 1.807) is 6.07 Å². The molecule has 0 aliphatic carbocycles. The minimum absolute atomic E-state index is 0.404. The molecule has 0 aliphatic heterocycles. The van der Waals surface area contributed by atoms with Crippen molar-refractivity contribution >= 4 is 10.8 Å². The summed E-state index contributed by atoms with van der Waals surface area (Å²) in [6.07, 6.45) is 0. The first-order chi connectivity index (χ1) is 7.47. The van der Waals surface area contributed by atoms with Gasteiger partial charge < -0.3 is 4.74 Å². The van der Waals surface area contributed by atoms with Gasteiger partial charge in [-0.25, -0.2) is 0 Å². The maximum absolute atomic E-state index is 7.11. The SMILES string of the molecule is [2H]C([2H])([2H])Oc1ccc(C)c2ccccc12. The second kappa shape index (κ2) is 3.09. The van der Waals surface area contributed by atoms with Crippen LogP contribution in [0.3, 0.4) is 0 Å². The van der Waals surface area contributed by atoms with E-state index in [2.05, 4.69) is 0 Å². The average Bonchev–Trinajstić information content (AvgIpc) is 2.21. The second-order valence-corrected chi connectivity index (χ2v) is 3.03. The van der Waals surface area contributed by atoms with Gasteiger partial charge >= 0.3 is 0 Å². The molecule has 0 fully saturated rings. The van der Waals surface area contributed by atoms with Crippen LogP contribution in [0.5, 0.6) is 5.75 Å². The molecule has 13 heavy (non-hydrogen) atoms. The van der Waals surface area contributed by atoms with Gasteiger partial charge in [0.15, 0.2) is 0 Å². The van der Waals surface area contributed by atoms with E-state index >= 15 is 0 Å². The lowest BCUT2D eigenvalue weighted by atomic mass is 10.1. The number of aryl methyl sites for hydroxylation is 1. The molecule has 2 aromatic rings. The first kappa shape index (κ1) is 5.28. The van der Waals surface area contributed by atoms with Crippen LogP contribution in [0.4, 0.5) is 0 Å². The van der Waals surface area contributed by atoms with Crippen LogP contribution in [0.25, 0.3) is 10.8 Å². The monoisotopic (exact) mass is 175 g/mol. The highest BCUT2D eigenvalue weighted by molar-refractivity contribution is 5.90. The number of methoxy groups -OCH3 is 1. The van der Waals surface area contributed by atoms with Gasteiger partial charge in [0, 0.05) is 5.39 Å². The molecule has 0 aliphatic rings. The summed E-state index contributed by atoms with van der Waals surface area (Å²) >= 11 is 0. The molecule has 1 heteroatoms. The van der Waals surface area contributed by atoms with Crippen molar-refractivity contribution in [2.45, 2.75) is 6.92 Å². The van der Waals surface area contributed by atoms with Crippen molar-refractivity contribution in [3.8, 4) is 5.75 Å². The normalized spacial score (nSPS) is 14.7. The molecular weight excluding hydrogens is 160 g/mol. The van der Waals surface area contributed by atoms with Gasteiger partial charge in [0.1, 0.15) is 5.75 Å². The molecule has 0 amide bonds. The summed E-state index contributed by atoms with van der Waals surface area (Å²) in [7, 11) is -2.40. The van der Waals surface area contributed by atoms with Crippen LogP contribution in [0, 0.1) is 6.92 Å². The summed E-state index contributed by atoms with van der Waals surface area (Å²) in [6, 6.07) is 11.2. The highest BCUT2D eigenvalue weighted by atomic mass is 16.5. The lowest BCUT2D eigenvalue weighted by Crippen LogP contribution is -1.86. The highest BCUT2D eigenvalue weighted by Gasteiger charge is 2.01. The van der Waals surface area contributed by atoms with Crippen LogP contribution in [-0.4, -0.2) is 7.04 Å². The first-order valence-electron chi connectivity index (χ1n) is 5.65. The number of hydrogen-bond donors (Lipinski definition) is 0. The smallest absolute Gasteiger partial charge is 0.126 e. The Morgan fingerprint density at radius 2 is 1.85 bits per heavy atom. The Morgan fingerprint density at radius 3 is 2.62 bits per heavy atom. The lowest BCUT2D eigenvalue weighted by molar-refractivity contribution is 0.420. The molecule has 0 spiro atoms. The average molecular weight is 175 g/mol. The largest absolute Gasteiger partial charge is 0.496 e. The van der Waals surface area contributed by atoms with E-state index in [-0.39, 0.29) is 0 Å². The molecule has 0 aromatic heterocycles. The summed E-state index contributed by atoms with van der Waals surface area (Å²) in [6.45, 7) is 1.99. The molecule has 2 rings (SSSR count). The molecule has 0 unspecified atom stereocenters. The molecule has 0 bridgehead atoms. The summed E-state index contributed by atoms with van der Waals surface area (Å²) in [5.74, 6) is 0.404. The summed E-state index contributed by atoms with van der Waals surface area (Å²) in [5, 5.41) is 1.85. The van der Waals surface area contributed by atoms with Crippen molar-refractivity contribution in [2.75, 3.05) is 7.04 Å². The van der Waals surface area contributed by atoms with Crippen molar-refractivity contribution in [3.05, 3.63) is 42.0 Å². The van der Waals surface area contributed by atoms with Crippen molar-refractivity contribution in [2.24, 2.45) is 0 Å². The van der Waals surface area contributed by atoms with Crippen molar-refractivity contribution in [3.63, 3.8) is 0 Å². The Morgan fingerprint density at radius 1 is 1.08 bits per heavy atom. The van der Waals surface area contributed by atoms with Crippen LogP contribution in [0.1, 0.15) is 9.68 Å². The van der Waals surface area contributed by atoms with Crippen LogP contribution in [-0.2, 0) is 0 Å². The Bertz CT molecular complexity index is 517. The minimum atomic E-state index is -2.40. The minimum Gasteiger partial charge on any atom is -0.496 e. The third kappa shape index (κ3) is 1.26. The van der Waals surface area contributed by atoms with Crippen molar-refractivity contribution in [1.82, 2.24) is 0 Å². The zero-order valence-electron chi connectivity index (χ0n) is 10.4. The Balaban J connectivity index is 2.59. The first-order valence-corrected chi connectivity index (χ1v) is 4.15. The second-order valence-electron chi connectivity index (χ2n) is 3.03. The predicted octanol–water partition coefficient (Wildman–Crippen LogP) is 3.16. The van der Waals surface area contributed by atoms with Gasteiger partial charge in [0.2, 0.25) is 0 Å². The van der Waals surface area contributed by atoms with Crippen LogP contribution < -0.4 is 4.74 Å². The van der Waals surface area contributed by atoms with Gasteiger partial charge in [0.05, 0.1) is 11.2 Å². The van der Waals surface area contributed by atoms with E-state index in [4.69, 9.17) is 8.85 Å². The number of fused-ring (bicyclic) bond motifs is 1. The summed E-state index contributed by atoms with van der Waals surface area (Å²) in [5.41, 5.74) is 1.11. The Kier molecular flexibility index (Phi) is 1.26. The molecule has 0 N–H and O–H groups in total. The van der Waals surface area contributed by atoms with E-state index in [9.17, 15) is 0 Å². The van der Waals surface area contributed by atoms with E-state index in [1.165, 1.54) is 0 Å². The molecule has 1 nitrogen and oxygen atoms in total. The van der Waals surface area contributed by atoms with Gasteiger partial charge in [-0.05, 0) is 23.9 Å². The maximum Gasteiger partial charge on any atom is 0.126 e. The highest BCUT2D eigenvalue weighted by Crippen LogP contribution is 2.27. The lowest BCUT2D eigenvalue weighted by Gasteiger charge is -2.06.